The number of halogens is 1. The van der Waals surface area contributed by atoms with E-state index in [1.54, 1.807) is 24.1 Å². The molecule has 174 valence electrons. The van der Waals surface area contributed by atoms with E-state index < -0.39 is 0 Å². The molecular weight excluding hydrogens is 438 g/mol. The van der Waals surface area contributed by atoms with Crippen LogP contribution in [-0.4, -0.2) is 36.4 Å². The fourth-order valence-electron chi connectivity index (χ4n) is 4.45. The number of benzene rings is 2. The molecule has 2 aromatic carbocycles. The number of nitrogens with zero attached hydrogens (tertiary/aromatic N) is 1. The smallest absolute Gasteiger partial charge is 0.270 e. The van der Waals surface area contributed by atoms with Crippen LogP contribution in [-0.2, 0) is 16.1 Å². The number of hydrogen-bond acceptors (Lipinski definition) is 4. The minimum atomic E-state index is -0.218. The molecule has 0 saturated heterocycles. The van der Waals surface area contributed by atoms with E-state index >= 15 is 0 Å². The number of nitrogens with one attached hydrogen (secondary N) is 2. The van der Waals surface area contributed by atoms with Crippen molar-refractivity contribution in [3.05, 3.63) is 70.4 Å². The molecule has 33 heavy (non-hydrogen) atoms. The van der Waals surface area contributed by atoms with E-state index in [4.69, 9.17) is 16.3 Å². The number of carbonyl (C=O) groups is 2. The molecule has 2 aliphatic rings. The Labute approximate surface area is 199 Å². The van der Waals surface area contributed by atoms with Crippen LogP contribution < -0.4 is 15.4 Å². The van der Waals surface area contributed by atoms with Gasteiger partial charge in [0.05, 0.1) is 19.4 Å². The molecule has 0 atom stereocenters. The Morgan fingerprint density at radius 1 is 1.09 bits per heavy atom. The fraction of sp³-hybridized carbons (Fsp3) is 0.385. The predicted octanol–water partition coefficient (Wildman–Crippen LogP) is 4.49. The monoisotopic (exact) mass is 467 g/mol. The lowest BCUT2D eigenvalue weighted by molar-refractivity contribution is -0.132. The summed E-state index contributed by atoms with van der Waals surface area (Å²) < 4.78 is 5.29. The normalized spacial score (nSPS) is 17.4. The van der Waals surface area contributed by atoms with E-state index in [1.807, 2.05) is 36.4 Å². The van der Waals surface area contributed by atoms with Crippen molar-refractivity contribution in [1.29, 1.82) is 0 Å². The molecule has 7 heteroatoms. The first-order chi connectivity index (χ1) is 16.0. The zero-order valence-electron chi connectivity index (χ0n) is 18.9. The van der Waals surface area contributed by atoms with Crippen LogP contribution in [0.15, 0.2) is 54.2 Å². The lowest BCUT2D eigenvalue weighted by Gasteiger charge is -2.29. The lowest BCUT2D eigenvalue weighted by atomic mass is 9.95. The predicted molar refractivity (Wildman–Crippen MR) is 130 cm³/mol. The largest absolute Gasteiger partial charge is 0.497 e. The van der Waals surface area contributed by atoms with Crippen LogP contribution in [0.5, 0.6) is 5.75 Å². The van der Waals surface area contributed by atoms with Gasteiger partial charge in [0.1, 0.15) is 11.4 Å². The van der Waals surface area contributed by atoms with Crippen LogP contribution in [0.4, 0.5) is 0 Å². The summed E-state index contributed by atoms with van der Waals surface area (Å²) in [4.78, 5) is 28.5. The van der Waals surface area contributed by atoms with Gasteiger partial charge in [0, 0.05) is 29.6 Å². The first-order valence-electron chi connectivity index (χ1n) is 11.5. The summed E-state index contributed by atoms with van der Waals surface area (Å²) in [6, 6.07) is 15.0. The van der Waals surface area contributed by atoms with E-state index in [0.29, 0.717) is 35.9 Å². The van der Waals surface area contributed by atoms with Crippen LogP contribution in [0.3, 0.4) is 0 Å². The van der Waals surface area contributed by atoms with Crippen molar-refractivity contribution in [1.82, 2.24) is 15.5 Å². The van der Waals surface area contributed by atoms with Crippen molar-refractivity contribution >= 4 is 29.1 Å². The van der Waals surface area contributed by atoms with Gasteiger partial charge in [-0.1, -0.05) is 43.0 Å². The summed E-state index contributed by atoms with van der Waals surface area (Å²) in [7, 11) is 1.62. The Morgan fingerprint density at radius 3 is 2.45 bits per heavy atom. The minimum Gasteiger partial charge on any atom is -0.497 e. The summed E-state index contributed by atoms with van der Waals surface area (Å²) in [6.45, 7) is 0.752. The fourth-order valence-corrected chi connectivity index (χ4v) is 4.57. The van der Waals surface area contributed by atoms with Gasteiger partial charge in [0.15, 0.2) is 0 Å². The number of methoxy groups -OCH3 is 1. The molecule has 4 rings (SSSR count). The maximum absolute atomic E-state index is 13.7. The third kappa shape index (κ3) is 5.69. The number of carbonyl (C=O) groups excluding carboxylic acids is 2. The van der Waals surface area contributed by atoms with Gasteiger partial charge in [-0.3, -0.25) is 9.59 Å². The van der Waals surface area contributed by atoms with Crippen LogP contribution in [0, 0.1) is 0 Å². The number of amides is 2. The molecule has 2 N–H and O–H groups in total. The van der Waals surface area contributed by atoms with E-state index in [2.05, 4.69) is 10.6 Å². The Balaban J connectivity index is 1.74. The van der Waals surface area contributed by atoms with Crippen molar-refractivity contribution in [3.8, 4) is 5.75 Å². The van der Waals surface area contributed by atoms with Gasteiger partial charge in [-0.05, 0) is 54.8 Å². The second-order valence-electron chi connectivity index (χ2n) is 8.54. The molecule has 1 aliphatic carbocycles. The Morgan fingerprint density at radius 2 is 1.79 bits per heavy atom. The molecule has 0 unspecified atom stereocenters. The van der Waals surface area contributed by atoms with Crippen molar-refractivity contribution in [2.45, 2.75) is 51.1 Å². The van der Waals surface area contributed by atoms with E-state index in [9.17, 15) is 9.59 Å². The van der Waals surface area contributed by atoms with Gasteiger partial charge in [-0.2, -0.15) is 0 Å². The van der Waals surface area contributed by atoms with Crippen LogP contribution in [0.2, 0.25) is 5.02 Å². The standard InChI is InChI=1S/C26H30ClN3O3/c1-33-22-13-9-19(10-14-22)24-25(26(32)29-21-5-3-2-4-6-21)30(23(31)15-16-28-24)17-18-7-11-20(27)12-8-18/h7-14,21,28H,2-6,15-17H2,1H3,(H,29,32). The van der Waals surface area contributed by atoms with Gasteiger partial charge in [0.25, 0.3) is 5.91 Å². The highest BCUT2D eigenvalue weighted by Crippen LogP contribution is 2.27. The molecule has 6 nitrogen and oxygen atoms in total. The molecule has 1 aliphatic heterocycles. The zero-order chi connectivity index (χ0) is 23.2. The van der Waals surface area contributed by atoms with Crippen LogP contribution >= 0.6 is 11.6 Å². The van der Waals surface area contributed by atoms with Gasteiger partial charge in [0.2, 0.25) is 5.91 Å². The van der Waals surface area contributed by atoms with Crippen molar-refractivity contribution < 1.29 is 14.3 Å². The number of rotatable bonds is 6. The van der Waals surface area contributed by atoms with Crippen molar-refractivity contribution in [2.75, 3.05) is 13.7 Å². The first-order valence-corrected chi connectivity index (χ1v) is 11.9. The number of hydrogen-bond donors (Lipinski definition) is 2. The van der Waals surface area contributed by atoms with E-state index in [0.717, 1.165) is 42.6 Å². The average Bonchev–Trinajstić information content (AvgIpc) is 3.00. The average molecular weight is 468 g/mol. The Hall–Kier alpha value is -2.99. The maximum Gasteiger partial charge on any atom is 0.270 e. The maximum atomic E-state index is 13.7. The third-order valence-corrected chi connectivity index (χ3v) is 6.49. The van der Waals surface area contributed by atoms with E-state index in [-0.39, 0.29) is 17.9 Å². The molecule has 1 saturated carbocycles. The Kier molecular flexibility index (Phi) is 7.55. The molecule has 2 amide bonds. The topological polar surface area (TPSA) is 70.7 Å². The highest BCUT2D eigenvalue weighted by Gasteiger charge is 2.31. The van der Waals surface area contributed by atoms with Crippen LogP contribution in [0.25, 0.3) is 5.70 Å². The highest BCUT2D eigenvalue weighted by atomic mass is 35.5. The molecule has 0 bridgehead atoms. The summed E-state index contributed by atoms with van der Waals surface area (Å²) in [5, 5.41) is 7.19. The zero-order valence-corrected chi connectivity index (χ0v) is 19.7. The summed E-state index contributed by atoms with van der Waals surface area (Å²) in [6.07, 6.45) is 5.66. The summed E-state index contributed by atoms with van der Waals surface area (Å²) in [5.41, 5.74) is 2.76. The van der Waals surface area contributed by atoms with E-state index in [1.165, 1.54) is 6.42 Å². The van der Waals surface area contributed by atoms with Crippen molar-refractivity contribution in [3.63, 3.8) is 0 Å². The van der Waals surface area contributed by atoms with Gasteiger partial charge < -0.3 is 20.3 Å². The molecule has 0 aromatic heterocycles. The third-order valence-electron chi connectivity index (χ3n) is 6.24. The van der Waals surface area contributed by atoms with Crippen LogP contribution in [0.1, 0.15) is 49.7 Å². The van der Waals surface area contributed by atoms with Gasteiger partial charge in [-0.15, -0.1) is 0 Å². The minimum absolute atomic E-state index is 0.0882. The summed E-state index contributed by atoms with van der Waals surface area (Å²) in [5.74, 6) is 0.425. The highest BCUT2D eigenvalue weighted by molar-refractivity contribution is 6.30. The second-order valence-corrected chi connectivity index (χ2v) is 8.98. The molecule has 1 fully saturated rings. The van der Waals surface area contributed by atoms with Crippen molar-refractivity contribution in [2.24, 2.45) is 0 Å². The lowest BCUT2D eigenvalue weighted by Crippen LogP contribution is -2.43. The molecule has 0 spiro atoms. The molecule has 0 radical (unpaired) electrons. The van der Waals surface area contributed by atoms with Gasteiger partial charge in [-0.25, -0.2) is 0 Å². The second kappa shape index (κ2) is 10.8. The molecule has 1 heterocycles. The Bertz CT molecular complexity index is 1010. The molecule has 2 aromatic rings. The first kappa shape index (κ1) is 23.2. The molecular formula is C26H30ClN3O3. The number of ether oxygens (including phenoxy) is 1. The van der Waals surface area contributed by atoms with Gasteiger partial charge >= 0.3 is 0 Å². The SMILES string of the molecule is COc1ccc(C2=C(C(=O)NC3CCCCC3)N(Cc3ccc(Cl)cc3)C(=O)CCN2)cc1. The summed E-state index contributed by atoms with van der Waals surface area (Å²) >= 11 is 6.05. The quantitative estimate of drug-likeness (QED) is 0.656.